The number of hydrogen-bond acceptors (Lipinski definition) is 3. The van der Waals surface area contributed by atoms with Crippen molar-refractivity contribution in [1.29, 1.82) is 0 Å². The molecular weight excluding hydrogens is 216 g/mol. The van der Waals surface area contributed by atoms with Gasteiger partial charge in [-0.1, -0.05) is 18.2 Å². The average Bonchev–Trinajstić information content (AvgIpc) is 2.35. The molecule has 1 rings (SSSR count). The molecule has 4 nitrogen and oxygen atoms in total. The third-order valence-electron chi connectivity index (χ3n) is 2.86. The zero-order valence-corrected chi connectivity index (χ0v) is 10.6. The molecule has 1 atom stereocenters. The number of amides is 1. The Bertz CT molecular complexity index is 379. The molecule has 2 N–H and O–H groups in total. The third kappa shape index (κ3) is 3.75. The second kappa shape index (κ2) is 6.25. The number of phenolic OH excluding ortho intramolecular Hbond substituents is 1. The van der Waals surface area contributed by atoms with Crippen LogP contribution in [-0.4, -0.2) is 36.1 Å². The fourth-order valence-electron chi connectivity index (χ4n) is 1.52. The average molecular weight is 236 g/mol. The maximum absolute atomic E-state index is 11.6. The second-order valence-corrected chi connectivity index (χ2v) is 4.07. The number of nitrogens with one attached hydrogen (secondary N) is 1. The predicted molar refractivity (Wildman–Crippen MR) is 67.8 cm³/mol. The van der Waals surface area contributed by atoms with Crippen LogP contribution in [0, 0.1) is 0 Å². The van der Waals surface area contributed by atoms with Crippen molar-refractivity contribution in [3.8, 4) is 5.75 Å². The van der Waals surface area contributed by atoms with E-state index in [2.05, 4.69) is 5.32 Å². The number of nitrogens with zero attached hydrogens (tertiary/aromatic N) is 1. The molecule has 0 radical (unpaired) electrons. The van der Waals surface area contributed by atoms with Crippen LogP contribution in [-0.2, 0) is 4.79 Å². The maximum Gasteiger partial charge on any atom is 0.236 e. The zero-order chi connectivity index (χ0) is 12.8. The summed E-state index contributed by atoms with van der Waals surface area (Å²) in [5, 5.41) is 12.8. The minimum Gasteiger partial charge on any atom is -0.508 e. The Labute approximate surface area is 102 Å². The number of para-hydroxylation sites is 1. The summed E-state index contributed by atoms with van der Waals surface area (Å²) in [5.41, 5.74) is 0.805. The molecule has 1 aromatic carbocycles. The standard InChI is InChI=1S/C13H20N2O2/c1-4-15(3)13(17)9-14-10(2)11-7-5-6-8-12(11)16/h5-8,10,14,16H,4,9H2,1-3H3. The number of benzene rings is 1. The topological polar surface area (TPSA) is 52.6 Å². The molecule has 1 unspecified atom stereocenters. The van der Waals surface area contributed by atoms with Gasteiger partial charge in [-0.15, -0.1) is 0 Å². The van der Waals surface area contributed by atoms with Crippen molar-refractivity contribution in [1.82, 2.24) is 10.2 Å². The van der Waals surface area contributed by atoms with Gasteiger partial charge < -0.3 is 15.3 Å². The van der Waals surface area contributed by atoms with Gasteiger partial charge in [0, 0.05) is 25.2 Å². The van der Waals surface area contributed by atoms with Crippen molar-refractivity contribution < 1.29 is 9.90 Å². The van der Waals surface area contributed by atoms with E-state index < -0.39 is 0 Å². The van der Waals surface area contributed by atoms with Crippen molar-refractivity contribution in [2.24, 2.45) is 0 Å². The monoisotopic (exact) mass is 236 g/mol. The van der Waals surface area contributed by atoms with E-state index in [0.717, 1.165) is 5.56 Å². The summed E-state index contributed by atoms with van der Waals surface area (Å²) in [6.07, 6.45) is 0. The van der Waals surface area contributed by atoms with Crippen LogP contribution in [0.3, 0.4) is 0 Å². The van der Waals surface area contributed by atoms with Crippen LogP contribution in [0.15, 0.2) is 24.3 Å². The van der Waals surface area contributed by atoms with E-state index in [4.69, 9.17) is 0 Å². The van der Waals surface area contributed by atoms with E-state index in [1.165, 1.54) is 0 Å². The third-order valence-corrected chi connectivity index (χ3v) is 2.86. The molecule has 0 saturated heterocycles. The molecule has 94 valence electrons. The van der Waals surface area contributed by atoms with Crippen LogP contribution in [0.4, 0.5) is 0 Å². The van der Waals surface area contributed by atoms with E-state index in [9.17, 15) is 9.90 Å². The fourth-order valence-corrected chi connectivity index (χ4v) is 1.52. The molecule has 0 fully saturated rings. The Morgan fingerprint density at radius 2 is 2.12 bits per heavy atom. The largest absolute Gasteiger partial charge is 0.508 e. The van der Waals surface area contributed by atoms with Gasteiger partial charge in [0.15, 0.2) is 0 Å². The highest BCUT2D eigenvalue weighted by Gasteiger charge is 2.12. The zero-order valence-electron chi connectivity index (χ0n) is 10.6. The number of rotatable bonds is 5. The summed E-state index contributed by atoms with van der Waals surface area (Å²) in [6, 6.07) is 7.09. The molecule has 0 saturated carbocycles. The van der Waals surface area contributed by atoms with Gasteiger partial charge in [-0.05, 0) is 19.9 Å². The SMILES string of the molecule is CCN(C)C(=O)CNC(C)c1ccccc1O. The molecule has 0 heterocycles. The van der Waals surface area contributed by atoms with Gasteiger partial charge in [-0.25, -0.2) is 0 Å². The second-order valence-electron chi connectivity index (χ2n) is 4.07. The van der Waals surface area contributed by atoms with E-state index >= 15 is 0 Å². The maximum atomic E-state index is 11.6. The molecule has 1 amide bonds. The van der Waals surface area contributed by atoms with Crippen molar-refractivity contribution in [3.63, 3.8) is 0 Å². The summed E-state index contributed by atoms with van der Waals surface area (Å²) in [7, 11) is 1.77. The number of likely N-dealkylation sites (N-methyl/N-ethyl adjacent to an activating group) is 1. The molecule has 0 aliphatic rings. The molecule has 0 aliphatic heterocycles. The van der Waals surface area contributed by atoms with Gasteiger partial charge in [0.05, 0.1) is 6.54 Å². The first kappa shape index (κ1) is 13.5. The van der Waals surface area contributed by atoms with Gasteiger partial charge in [0.1, 0.15) is 5.75 Å². The molecule has 0 bridgehead atoms. The van der Waals surface area contributed by atoms with E-state index in [0.29, 0.717) is 6.54 Å². The lowest BCUT2D eigenvalue weighted by molar-refractivity contribution is -0.128. The molecule has 0 aliphatic carbocycles. The normalized spacial score (nSPS) is 12.2. The molecule has 0 aromatic heterocycles. The quantitative estimate of drug-likeness (QED) is 0.815. The lowest BCUT2D eigenvalue weighted by atomic mass is 10.1. The minimum absolute atomic E-state index is 0.0505. The van der Waals surface area contributed by atoms with Gasteiger partial charge >= 0.3 is 0 Å². The highest BCUT2D eigenvalue weighted by Crippen LogP contribution is 2.22. The lowest BCUT2D eigenvalue weighted by Crippen LogP contribution is -2.36. The summed E-state index contributed by atoms with van der Waals surface area (Å²) in [5.74, 6) is 0.304. The van der Waals surface area contributed by atoms with Gasteiger partial charge in [0.25, 0.3) is 0 Å². The van der Waals surface area contributed by atoms with Crippen LogP contribution in [0.25, 0.3) is 0 Å². The molecule has 4 heteroatoms. The fraction of sp³-hybridized carbons (Fsp3) is 0.462. The Hall–Kier alpha value is -1.55. The number of phenols is 1. The van der Waals surface area contributed by atoms with Gasteiger partial charge in [0.2, 0.25) is 5.91 Å². The molecule has 17 heavy (non-hydrogen) atoms. The Kier molecular flexibility index (Phi) is 4.97. The lowest BCUT2D eigenvalue weighted by Gasteiger charge is -2.18. The Morgan fingerprint density at radius 1 is 1.47 bits per heavy atom. The predicted octanol–water partition coefficient (Wildman–Crippen LogP) is 1.52. The van der Waals surface area contributed by atoms with Crippen molar-refractivity contribution in [2.45, 2.75) is 19.9 Å². The van der Waals surface area contributed by atoms with Crippen LogP contribution in [0.1, 0.15) is 25.5 Å². The van der Waals surface area contributed by atoms with E-state index in [-0.39, 0.29) is 24.2 Å². The number of carbonyl (C=O) groups excluding carboxylic acids is 1. The first-order valence-corrected chi connectivity index (χ1v) is 5.81. The Balaban J connectivity index is 2.53. The molecule has 1 aromatic rings. The number of carbonyl (C=O) groups is 1. The first-order valence-electron chi connectivity index (χ1n) is 5.81. The molecular formula is C13H20N2O2. The molecule has 0 spiro atoms. The van der Waals surface area contributed by atoms with Crippen LogP contribution < -0.4 is 5.32 Å². The summed E-state index contributed by atoms with van der Waals surface area (Å²) in [4.78, 5) is 13.3. The number of aromatic hydroxyl groups is 1. The van der Waals surface area contributed by atoms with Crippen molar-refractivity contribution in [3.05, 3.63) is 29.8 Å². The Morgan fingerprint density at radius 3 is 2.71 bits per heavy atom. The van der Waals surface area contributed by atoms with Crippen LogP contribution >= 0.6 is 0 Å². The number of hydrogen-bond donors (Lipinski definition) is 2. The van der Waals surface area contributed by atoms with Gasteiger partial charge in [-0.2, -0.15) is 0 Å². The van der Waals surface area contributed by atoms with Crippen molar-refractivity contribution in [2.75, 3.05) is 20.1 Å². The summed E-state index contributed by atoms with van der Waals surface area (Å²) < 4.78 is 0. The smallest absolute Gasteiger partial charge is 0.236 e. The highest BCUT2D eigenvalue weighted by molar-refractivity contribution is 5.77. The van der Waals surface area contributed by atoms with Crippen molar-refractivity contribution >= 4 is 5.91 Å². The summed E-state index contributed by atoms with van der Waals surface area (Å²) >= 11 is 0. The minimum atomic E-state index is -0.0505. The van der Waals surface area contributed by atoms with E-state index in [1.54, 1.807) is 24.1 Å². The van der Waals surface area contributed by atoms with Crippen LogP contribution in [0.2, 0.25) is 0 Å². The van der Waals surface area contributed by atoms with Crippen LogP contribution in [0.5, 0.6) is 5.75 Å². The van der Waals surface area contributed by atoms with E-state index in [1.807, 2.05) is 26.0 Å². The summed E-state index contributed by atoms with van der Waals surface area (Å²) in [6.45, 7) is 4.84. The first-order chi connectivity index (χ1) is 8.06. The highest BCUT2D eigenvalue weighted by atomic mass is 16.3. The van der Waals surface area contributed by atoms with Gasteiger partial charge in [-0.3, -0.25) is 4.79 Å².